The van der Waals surface area contributed by atoms with Gasteiger partial charge in [0.25, 0.3) is 5.91 Å². The minimum Gasteiger partial charge on any atom is -0.507 e. The lowest BCUT2D eigenvalue weighted by atomic mass is 10.1. The minimum absolute atomic E-state index is 0.00176. The second kappa shape index (κ2) is 4.66. The van der Waals surface area contributed by atoms with Gasteiger partial charge < -0.3 is 10.0 Å². The van der Waals surface area contributed by atoms with Gasteiger partial charge in [0.2, 0.25) is 11.8 Å². The maximum absolute atomic E-state index is 12.0. The van der Waals surface area contributed by atoms with E-state index in [1.807, 2.05) is 0 Å². The number of nitrogens with one attached hydrogen (secondary N) is 1. The first-order valence-corrected chi connectivity index (χ1v) is 5.45. The summed E-state index contributed by atoms with van der Waals surface area (Å²) in [7, 11) is 0. The van der Waals surface area contributed by atoms with E-state index in [4.69, 9.17) is 11.6 Å². The highest BCUT2D eigenvalue weighted by Gasteiger charge is 2.28. The molecule has 1 aliphatic heterocycles. The Morgan fingerprint density at radius 3 is 2.44 bits per heavy atom. The van der Waals surface area contributed by atoms with Gasteiger partial charge in [-0.15, -0.1) is 0 Å². The summed E-state index contributed by atoms with van der Waals surface area (Å²) in [6, 6.07) is 4.01. The lowest BCUT2D eigenvalue weighted by Gasteiger charge is -2.25. The molecule has 1 fully saturated rings. The molecule has 94 valence electrons. The van der Waals surface area contributed by atoms with Gasteiger partial charge >= 0.3 is 0 Å². The Balaban J connectivity index is 2.25. The van der Waals surface area contributed by atoms with Crippen molar-refractivity contribution in [1.82, 2.24) is 10.2 Å². The molecule has 1 aliphatic rings. The number of phenols is 1. The molecule has 3 amide bonds. The number of rotatable bonds is 1. The average molecular weight is 269 g/mol. The van der Waals surface area contributed by atoms with E-state index in [-0.39, 0.29) is 29.4 Å². The van der Waals surface area contributed by atoms with Gasteiger partial charge in [0.1, 0.15) is 18.8 Å². The molecule has 0 atom stereocenters. The third-order valence-electron chi connectivity index (χ3n) is 2.43. The largest absolute Gasteiger partial charge is 0.507 e. The molecular formula is C11H9ClN2O4. The van der Waals surface area contributed by atoms with Gasteiger partial charge in [0, 0.05) is 5.02 Å². The molecule has 2 N–H and O–H groups in total. The zero-order valence-electron chi connectivity index (χ0n) is 9.14. The van der Waals surface area contributed by atoms with Crippen LogP contribution in [0.2, 0.25) is 5.02 Å². The molecule has 0 bridgehead atoms. The number of imide groups is 1. The van der Waals surface area contributed by atoms with Gasteiger partial charge in [-0.3, -0.25) is 19.7 Å². The summed E-state index contributed by atoms with van der Waals surface area (Å²) in [6.07, 6.45) is 0. The number of piperazine rings is 1. The van der Waals surface area contributed by atoms with Crippen LogP contribution >= 0.6 is 11.6 Å². The maximum atomic E-state index is 12.0. The van der Waals surface area contributed by atoms with Crippen LogP contribution < -0.4 is 5.32 Å². The number of benzene rings is 1. The molecule has 0 aromatic heterocycles. The summed E-state index contributed by atoms with van der Waals surface area (Å²) in [6.45, 7) is -0.431. The van der Waals surface area contributed by atoms with E-state index >= 15 is 0 Å². The van der Waals surface area contributed by atoms with Crippen LogP contribution in [0.15, 0.2) is 18.2 Å². The average Bonchev–Trinajstić information content (AvgIpc) is 2.26. The van der Waals surface area contributed by atoms with Crippen molar-refractivity contribution in [2.75, 3.05) is 13.1 Å². The molecule has 2 rings (SSSR count). The Bertz CT molecular complexity index is 528. The summed E-state index contributed by atoms with van der Waals surface area (Å²) in [5.41, 5.74) is 0.00176. The molecule has 0 aliphatic carbocycles. The third kappa shape index (κ3) is 2.43. The molecular weight excluding hydrogens is 260 g/mol. The summed E-state index contributed by atoms with van der Waals surface area (Å²) < 4.78 is 0. The Labute approximate surface area is 107 Å². The number of carbonyl (C=O) groups excluding carboxylic acids is 3. The van der Waals surface area contributed by atoms with Gasteiger partial charge in [0.05, 0.1) is 5.56 Å². The van der Waals surface area contributed by atoms with Crippen LogP contribution in [0.3, 0.4) is 0 Å². The molecule has 7 heteroatoms. The molecule has 0 spiro atoms. The predicted octanol–water partition coefficient (Wildman–Crippen LogP) is 0.144. The number of amides is 3. The molecule has 6 nitrogen and oxygen atoms in total. The Morgan fingerprint density at radius 1 is 1.28 bits per heavy atom. The van der Waals surface area contributed by atoms with E-state index < -0.39 is 17.7 Å². The van der Waals surface area contributed by atoms with Crippen molar-refractivity contribution < 1.29 is 19.5 Å². The van der Waals surface area contributed by atoms with E-state index in [9.17, 15) is 19.5 Å². The number of aromatic hydroxyl groups is 1. The van der Waals surface area contributed by atoms with E-state index in [1.54, 1.807) is 0 Å². The van der Waals surface area contributed by atoms with Crippen LogP contribution in [0.5, 0.6) is 5.75 Å². The van der Waals surface area contributed by atoms with Crippen LogP contribution in [0.1, 0.15) is 10.4 Å². The topological polar surface area (TPSA) is 86.7 Å². The van der Waals surface area contributed by atoms with E-state index in [2.05, 4.69) is 5.32 Å². The molecule has 1 aromatic rings. The van der Waals surface area contributed by atoms with Crippen molar-refractivity contribution in [3.63, 3.8) is 0 Å². The normalized spacial score (nSPS) is 15.5. The molecule has 0 radical (unpaired) electrons. The van der Waals surface area contributed by atoms with Gasteiger partial charge in [-0.1, -0.05) is 11.6 Å². The fourth-order valence-electron chi connectivity index (χ4n) is 1.64. The summed E-state index contributed by atoms with van der Waals surface area (Å²) in [4.78, 5) is 35.4. The lowest BCUT2D eigenvalue weighted by Crippen LogP contribution is -2.53. The highest BCUT2D eigenvalue weighted by atomic mass is 35.5. The van der Waals surface area contributed by atoms with Crippen LogP contribution in [-0.2, 0) is 9.59 Å². The Hall–Kier alpha value is -2.08. The third-order valence-corrected chi connectivity index (χ3v) is 2.66. The number of hydrogen-bond acceptors (Lipinski definition) is 4. The summed E-state index contributed by atoms with van der Waals surface area (Å²) in [5.74, 6) is -1.97. The first kappa shape index (κ1) is 12.4. The van der Waals surface area contributed by atoms with E-state index in [1.165, 1.54) is 18.2 Å². The van der Waals surface area contributed by atoms with Crippen molar-refractivity contribution >= 4 is 29.3 Å². The van der Waals surface area contributed by atoms with Crippen molar-refractivity contribution in [2.24, 2.45) is 0 Å². The van der Waals surface area contributed by atoms with Gasteiger partial charge in [-0.2, -0.15) is 0 Å². The summed E-state index contributed by atoms with van der Waals surface area (Å²) >= 11 is 5.65. The van der Waals surface area contributed by atoms with Crippen LogP contribution in [0, 0.1) is 0 Å². The second-order valence-corrected chi connectivity index (χ2v) is 4.23. The maximum Gasteiger partial charge on any atom is 0.258 e. The highest BCUT2D eigenvalue weighted by molar-refractivity contribution is 6.30. The number of halogens is 1. The number of nitrogens with zero attached hydrogens (tertiary/aromatic N) is 1. The van der Waals surface area contributed by atoms with Crippen molar-refractivity contribution in [3.05, 3.63) is 28.8 Å². The number of hydrogen-bond donors (Lipinski definition) is 2. The predicted molar refractivity (Wildman–Crippen MR) is 62.2 cm³/mol. The first-order valence-electron chi connectivity index (χ1n) is 5.08. The molecule has 18 heavy (non-hydrogen) atoms. The zero-order chi connectivity index (χ0) is 13.3. The van der Waals surface area contributed by atoms with Gasteiger partial charge in [0.15, 0.2) is 0 Å². The van der Waals surface area contributed by atoms with Crippen molar-refractivity contribution in [2.45, 2.75) is 0 Å². The van der Waals surface area contributed by atoms with Gasteiger partial charge in [-0.05, 0) is 18.2 Å². The first-order chi connectivity index (χ1) is 8.47. The Kier molecular flexibility index (Phi) is 3.20. The van der Waals surface area contributed by atoms with Crippen LogP contribution in [-0.4, -0.2) is 40.8 Å². The monoisotopic (exact) mass is 268 g/mol. The number of phenolic OH excluding ortho intramolecular Hbond substituents is 1. The van der Waals surface area contributed by atoms with Crippen molar-refractivity contribution in [3.8, 4) is 5.75 Å². The smallest absolute Gasteiger partial charge is 0.258 e. The van der Waals surface area contributed by atoms with Crippen LogP contribution in [0.4, 0.5) is 0 Å². The fourth-order valence-corrected chi connectivity index (χ4v) is 1.80. The highest BCUT2D eigenvalue weighted by Crippen LogP contribution is 2.23. The van der Waals surface area contributed by atoms with E-state index in [0.29, 0.717) is 0 Å². The zero-order valence-corrected chi connectivity index (χ0v) is 9.90. The quantitative estimate of drug-likeness (QED) is 0.710. The number of carbonyl (C=O) groups is 3. The summed E-state index contributed by atoms with van der Waals surface area (Å²) in [5, 5.41) is 12.0. The standard InChI is InChI=1S/C11H9ClN2O4/c12-6-1-2-7(8(15)3-6)11(18)14-4-9(16)13-10(17)5-14/h1-3,15H,4-5H2,(H,13,16,17). The SMILES string of the molecule is O=C1CN(C(=O)c2ccc(Cl)cc2O)CC(=O)N1. The Morgan fingerprint density at radius 2 is 1.89 bits per heavy atom. The molecule has 1 heterocycles. The lowest BCUT2D eigenvalue weighted by molar-refractivity contribution is -0.135. The molecule has 0 unspecified atom stereocenters. The van der Waals surface area contributed by atoms with E-state index in [0.717, 1.165) is 4.90 Å². The minimum atomic E-state index is -0.590. The molecule has 1 saturated heterocycles. The van der Waals surface area contributed by atoms with Crippen LogP contribution in [0.25, 0.3) is 0 Å². The molecule has 1 aromatic carbocycles. The second-order valence-electron chi connectivity index (χ2n) is 3.79. The molecule has 0 saturated carbocycles. The van der Waals surface area contributed by atoms with Gasteiger partial charge in [-0.25, -0.2) is 0 Å². The fraction of sp³-hybridized carbons (Fsp3) is 0.182. The van der Waals surface area contributed by atoms with Crippen molar-refractivity contribution in [1.29, 1.82) is 0 Å².